The Morgan fingerprint density at radius 2 is 1.62 bits per heavy atom. The standard InChI is InChI=1S/C21H22N2O/c1-16(23-13-17-4-6-18(15-24)7-5-17)19-8-10-20(11-9-19)21-3-2-12-22-14-21/h2-12,14,16,23-24H,13,15H2,1H3/t16-/m0/s1. The van der Waals surface area contributed by atoms with E-state index in [1.165, 1.54) is 16.7 Å². The maximum absolute atomic E-state index is 9.08. The highest BCUT2D eigenvalue weighted by Gasteiger charge is 2.06. The molecular weight excluding hydrogens is 296 g/mol. The van der Waals surface area contributed by atoms with E-state index in [1.54, 1.807) is 6.20 Å². The Hall–Kier alpha value is -2.49. The predicted molar refractivity (Wildman–Crippen MR) is 97.3 cm³/mol. The first kappa shape index (κ1) is 16.4. The lowest BCUT2D eigenvalue weighted by atomic mass is 10.0. The van der Waals surface area contributed by atoms with Crippen LogP contribution in [0.5, 0.6) is 0 Å². The van der Waals surface area contributed by atoms with Gasteiger partial charge in [-0.05, 0) is 40.8 Å². The third kappa shape index (κ3) is 4.07. The van der Waals surface area contributed by atoms with Crippen LogP contribution < -0.4 is 5.32 Å². The number of hydrogen-bond acceptors (Lipinski definition) is 3. The molecule has 3 rings (SSSR count). The molecule has 0 saturated carbocycles. The second-order valence-electron chi connectivity index (χ2n) is 5.94. The molecule has 122 valence electrons. The van der Waals surface area contributed by atoms with Crippen molar-refractivity contribution in [2.24, 2.45) is 0 Å². The summed E-state index contributed by atoms with van der Waals surface area (Å²) in [5.74, 6) is 0. The molecule has 2 N–H and O–H groups in total. The number of hydrogen-bond donors (Lipinski definition) is 2. The summed E-state index contributed by atoms with van der Waals surface area (Å²) in [7, 11) is 0. The normalized spacial score (nSPS) is 12.1. The molecule has 3 heteroatoms. The van der Waals surface area contributed by atoms with Gasteiger partial charge in [-0.3, -0.25) is 4.98 Å². The number of aromatic nitrogens is 1. The summed E-state index contributed by atoms with van der Waals surface area (Å²) in [6, 6.07) is 20.9. The summed E-state index contributed by atoms with van der Waals surface area (Å²) in [5, 5.41) is 12.6. The summed E-state index contributed by atoms with van der Waals surface area (Å²) < 4.78 is 0. The Balaban J connectivity index is 1.61. The fraction of sp³-hybridized carbons (Fsp3) is 0.190. The minimum Gasteiger partial charge on any atom is -0.392 e. The van der Waals surface area contributed by atoms with Crippen molar-refractivity contribution < 1.29 is 5.11 Å². The van der Waals surface area contributed by atoms with Crippen LogP contribution in [0.2, 0.25) is 0 Å². The average Bonchev–Trinajstić information content (AvgIpc) is 2.67. The topological polar surface area (TPSA) is 45.1 Å². The summed E-state index contributed by atoms with van der Waals surface area (Å²) in [6.07, 6.45) is 3.67. The number of nitrogens with zero attached hydrogens (tertiary/aromatic N) is 1. The van der Waals surface area contributed by atoms with Gasteiger partial charge in [0, 0.05) is 25.0 Å². The molecule has 3 nitrogen and oxygen atoms in total. The Bertz CT molecular complexity index is 752. The van der Waals surface area contributed by atoms with E-state index in [0.29, 0.717) is 0 Å². The van der Waals surface area contributed by atoms with Gasteiger partial charge in [-0.15, -0.1) is 0 Å². The Morgan fingerprint density at radius 3 is 2.25 bits per heavy atom. The summed E-state index contributed by atoms with van der Waals surface area (Å²) in [6.45, 7) is 3.06. The van der Waals surface area contributed by atoms with Gasteiger partial charge in [0.1, 0.15) is 0 Å². The van der Waals surface area contributed by atoms with Gasteiger partial charge < -0.3 is 10.4 Å². The SMILES string of the molecule is C[C@H](NCc1ccc(CO)cc1)c1ccc(-c2cccnc2)cc1. The molecule has 0 aliphatic heterocycles. The first-order valence-electron chi connectivity index (χ1n) is 8.18. The molecule has 0 fully saturated rings. The van der Waals surface area contributed by atoms with Gasteiger partial charge in [0.2, 0.25) is 0 Å². The van der Waals surface area contributed by atoms with Gasteiger partial charge >= 0.3 is 0 Å². The van der Waals surface area contributed by atoms with Crippen molar-refractivity contribution in [3.8, 4) is 11.1 Å². The smallest absolute Gasteiger partial charge is 0.0681 e. The van der Waals surface area contributed by atoms with Crippen LogP contribution in [0.25, 0.3) is 11.1 Å². The molecule has 1 aromatic heterocycles. The van der Waals surface area contributed by atoms with Crippen LogP contribution in [-0.4, -0.2) is 10.1 Å². The second kappa shape index (κ2) is 7.86. The minimum absolute atomic E-state index is 0.0907. The molecule has 24 heavy (non-hydrogen) atoms. The molecular formula is C21H22N2O. The third-order valence-corrected chi connectivity index (χ3v) is 4.22. The quantitative estimate of drug-likeness (QED) is 0.719. The van der Waals surface area contributed by atoms with Crippen LogP contribution in [0.3, 0.4) is 0 Å². The molecule has 0 bridgehead atoms. The van der Waals surface area contributed by atoms with Crippen LogP contribution >= 0.6 is 0 Å². The molecule has 0 aliphatic rings. The number of nitrogens with one attached hydrogen (secondary N) is 1. The van der Waals surface area contributed by atoms with Crippen molar-refractivity contribution in [2.45, 2.75) is 26.1 Å². The predicted octanol–water partition coefficient (Wildman–Crippen LogP) is 4.09. The van der Waals surface area contributed by atoms with E-state index >= 15 is 0 Å². The van der Waals surface area contributed by atoms with Crippen molar-refractivity contribution in [1.29, 1.82) is 0 Å². The van der Waals surface area contributed by atoms with Crippen LogP contribution in [0.4, 0.5) is 0 Å². The first-order chi connectivity index (χ1) is 11.8. The van der Waals surface area contributed by atoms with Gasteiger partial charge in [-0.2, -0.15) is 0 Å². The molecule has 0 amide bonds. The second-order valence-corrected chi connectivity index (χ2v) is 5.94. The molecule has 0 aliphatic carbocycles. The summed E-state index contributed by atoms with van der Waals surface area (Å²) in [5.41, 5.74) is 5.73. The molecule has 2 aromatic carbocycles. The molecule has 1 atom stereocenters. The molecule has 0 spiro atoms. The van der Waals surface area contributed by atoms with Gasteiger partial charge in [-0.25, -0.2) is 0 Å². The van der Waals surface area contributed by atoms with E-state index in [4.69, 9.17) is 5.11 Å². The zero-order valence-corrected chi connectivity index (χ0v) is 13.8. The van der Waals surface area contributed by atoms with Crippen LogP contribution in [0.1, 0.15) is 29.7 Å². The first-order valence-corrected chi connectivity index (χ1v) is 8.18. The maximum atomic E-state index is 9.08. The molecule has 0 saturated heterocycles. The van der Waals surface area contributed by atoms with Gasteiger partial charge in [0.15, 0.2) is 0 Å². The lowest BCUT2D eigenvalue weighted by Gasteiger charge is -2.15. The van der Waals surface area contributed by atoms with Crippen molar-refractivity contribution >= 4 is 0 Å². The fourth-order valence-electron chi connectivity index (χ4n) is 2.65. The number of benzene rings is 2. The average molecular weight is 318 g/mol. The van der Waals surface area contributed by atoms with Crippen molar-refractivity contribution in [1.82, 2.24) is 10.3 Å². The monoisotopic (exact) mass is 318 g/mol. The molecule has 1 heterocycles. The lowest BCUT2D eigenvalue weighted by Crippen LogP contribution is -2.18. The van der Waals surface area contributed by atoms with Crippen LogP contribution in [0.15, 0.2) is 73.1 Å². The van der Waals surface area contributed by atoms with Gasteiger partial charge in [0.25, 0.3) is 0 Å². The zero-order valence-electron chi connectivity index (χ0n) is 13.8. The molecule has 0 radical (unpaired) electrons. The maximum Gasteiger partial charge on any atom is 0.0681 e. The highest BCUT2D eigenvalue weighted by atomic mass is 16.3. The lowest BCUT2D eigenvalue weighted by molar-refractivity contribution is 0.282. The van der Waals surface area contributed by atoms with E-state index in [2.05, 4.69) is 59.7 Å². The number of rotatable bonds is 6. The van der Waals surface area contributed by atoms with Gasteiger partial charge in [0.05, 0.1) is 6.61 Å². The highest BCUT2D eigenvalue weighted by Crippen LogP contribution is 2.21. The van der Waals surface area contributed by atoms with Crippen molar-refractivity contribution in [3.05, 3.63) is 89.7 Å². The van der Waals surface area contributed by atoms with E-state index in [-0.39, 0.29) is 12.6 Å². The summed E-state index contributed by atoms with van der Waals surface area (Å²) >= 11 is 0. The zero-order chi connectivity index (χ0) is 16.8. The minimum atomic E-state index is 0.0907. The molecule has 0 unspecified atom stereocenters. The highest BCUT2D eigenvalue weighted by molar-refractivity contribution is 5.62. The Labute approximate surface area is 143 Å². The van der Waals surface area contributed by atoms with Crippen LogP contribution in [-0.2, 0) is 13.2 Å². The Morgan fingerprint density at radius 1 is 0.917 bits per heavy atom. The van der Waals surface area contributed by atoms with Gasteiger partial charge in [-0.1, -0.05) is 54.6 Å². The third-order valence-electron chi connectivity index (χ3n) is 4.22. The Kier molecular flexibility index (Phi) is 5.36. The number of pyridine rings is 1. The van der Waals surface area contributed by atoms with E-state index in [9.17, 15) is 0 Å². The van der Waals surface area contributed by atoms with Crippen molar-refractivity contribution in [2.75, 3.05) is 0 Å². The number of aliphatic hydroxyl groups excluding tert-OH is 1. The fourth-order valence-corrected chi connectivity index (χ4v) is 2.65. The van der Waals surface area contributed by atoms with E-state index in [0.717, 1.165) is 17.7 Å². The van der Waals surface area contributed by atoms with E-state index < -0.39 is 0 Å². The number of aliphatic hydroxyl groups is 1. The molecule has 3 aromatic rings. The van der Waals surface area contributed by atoms with E-state index in [1.807, 2.05) is 24.4 Å². The largest absolute Gasteiger partial charge is 0.392 e. The van der Waals surface area contributed by atoms with Crippen molar-refractivity contribution in [3.63, 3.8) is 0 Å². The summed E-state index contributed by atoms with van der Waals surface area (Å²) in [4.78, 5) is 4.17. The van der Waals surface area contributed by atoms with Crippen LogP contribution in [0, 0.1) is 0 Å².